The van der Waals surface area contributed by atoms with Crippen LogP contribution < -0.4 is 0 Å². The molecule has 19 heavy (non-hydrogen) atoms. The molecule has 0 aromatic rings. The van der Waals surface area contributed by atoms with Crippen LogP contribution in [-0.4, -0.2) is 0 Å². The summed E-state index contributed by atoms with van der Waals surface area (Å²) in [5.41, 5.74) is 4.95. The van der Waals surface area contributed by atoms with Gasteiger partial charge in [-0.25, -0.2) is 0 Å². The first-order valence-corrected chi connectivity index (χ1v) is 7.09. The van der Waals surface area contributed by atoms with Gasteiger partial charge in [0.05, 0.1) is 0 Å². The van der Waals surface area contributed by atoms with Crippen LogP contribution in [0.3, 0.4) is 0 Å². The quantitative estimate of drug-likeness (QED) is 0.422. The van der Waals surface area contributed by atoms with Crippen molar-refractivity contribution in [2.45, 2.75) is 40.0 Å². The van der Waals surface area contributed by atoms with Crippen molar-refractivity contribution in [1.82, 2.24) is 0 Å². The highest BCUT2D eigenvalue weighted by Crippen LogP contribution is 2.20. The summed E-state index contributed by atoms with van der Waals surface area (Å²) in [5, 5.41) is 0. The van der Waals surface area contributed by atoms with Gasteiger partial charge in [-0.3, -0.25) is 0 Å². The molecule has 0 radical (unpaired) electrons. The Morgan fingerprint density at radius 3 is 2.68 bits per heavy atom. The summed E-state index contributed by atoms with van der Waals surface area (Å²) in [6, 6.07) is 0. The van der Waals surface area contributed by atoms with E-state index in [9.17, 15) is 0 Å². The van der Waals surface area contributed by atoms with Gasteiger partial charge in [0, 0.05) is 0 Å². The lowest BCUT2D eigenvalue weighted by Crippen LogP contribution is -1.91. The molecule has 0 heteroatoms. The average Bonchev–Trinajstić information content (AvgIpc) is 2.66. The van der Waals surface area contributed by atoms with Crippen molar-refractivity contribution in [3.05, 3.63) is 71.9 Å². The van der Waals surface area contributed by atoms with Gasteiger partial charge in [0.25, 0.3) is 0 Å². The minimum Gasteiger partial charge on any atom is -0.102 e. The zero-order valence-electron chi connectivity index (χ0n) is 12.6. The lowest BCUT2D eigenvalue weighted by Gasteiger charge is -2.07. The van der Waals surface area contributed by atoms with Crippen molar-refractivity contribution in [2.75, 3.05) is 0 Å². The number of allylic oxidation sites excluding steroid dienone is 10. The standard InChI is InChI=1S/C19H26/c1-6-16(3)17(4)13-15(2)14-18(5)19-11-9-7-8-10-12-19/h6,9,11-14,16H,1,5,7-8,10H2,2-4H3/b15-14-,17-13+. The van der Waals surface area contributed by atoms with Crippen LogP contribution in [-0.2, 0) is 0 Å². The molecule has 1 rings (SSSR count). The Bertz CT molecular complexity index is 452. The molecule has 0 aliphatic heterocycles. The molecule has 0 N–H and O–H groups in total. The lowest BCUT2D eigenvalue weighted by molar-refractivity contribution is 0.863. The molecule has 0 spiro atoms. The lowest BCUT2D eigenvalue weighted by atomic mass is 9.99. The Morgan fingerprint density at radius 2 is 2.00 bits per heavy atom. The van der Waals surface area contributed by atoms with Crippen LogP contribution in [0, 0.1) is 5.92 Å². The molecule has 0 bridgehead atoms. The van der Waals surface area contributed by atoms with Crippen LogP contribution in [0.15, 0.2) is 71.9 Å². The van der Waals surface area contributed by atoms with Crippen molar-refractivity contribution in [3.8, 4) is 0 Å². The molecule has 1 aliphatic carbocycles. The molecule has 0 saturated carbocycles. The van der Waals surface area contributed by atoms with E-state index < -0.39 is 0 Å². The maximum atomic E-state index is 4.19. The van der Waals surface area contributed by atoms with Crippen molar-refractivity contribution in [2.24, 2.45) is 5.92 Å². The topological polar surface area (TPSA) is 0 Å². The van der Waals surface area contributed by atoms with Crippen LogP contribution in [0.4, 0.5) is 0 Å². The molecule has 0 fully saturated rings. The van der Waals surface area contributed by atoms with E-state index in [4.69, 9.17) is 0 Å². The minimum absolute atomic E-state index is 0.425. The van der Waals surface area contributed by atoms with Gasteiger partial charge in [0.1, 0.15) is 0 Å². The van der Waals surface area contributed by atoms with E-state index in [2.05, 4.69) is 64.3 Å². The fourth-order valence-electron chi connectivity index (χ4n) is 2.09. The summed E-state index contributed by atoms with van der Waals surface area (Å²) < 4.78 is 0. The maximum Gasteiger partial charge on any atom is -0.00539 e. The van der Waals surface area contributed by atoms with Crippen molar-refractivity contribution < 1.29 is 0 Å². The average molecular weight is 254 g/mol. The monoisotopic (exact) mass is 254 g/mol. The highest BCUT2D eigenvalue weighted by molar-refractivity contribution is 5.47. The Balaban J connectivity index is 2.81. The van der Waals surface area contributed by atoms with E-state index in [1.807, 2.05) is 6.08 Å². The van der Waals surface area contributed by atoms with Crippen LogP contribution in [0.25, 0.3) is 0 Å². The number of hydrogen-bond acceptors (Lipinski definition) is 0. The molecule has 102 valence electrons. The van der Waals surface area contributed by atoms with E-state index in [1.165, 1.54) is 29.6 Å². The van der Waals surface area contributed by atoms with Gasteiger partial charge in [-0.2, -0.15) is 0 Å². The molecule has 0 heterocycles. The van der Waals surface area contributed by atoms with E-state index in [0.29, 0.717) is 5.92 Å². The van der Waals surface area contributed by atoms with Gasteiger partial charge in [-0.05, 0) is 50.2 Å². The molecule has 0 aromatic heterocycles. The van der Waals surface area contributed by atoms with E-state index >= 15 is 0 Å². The predicted octanol–water partition coefficient (Wildman–Crippen LogP) is 5.92. The van der Waals surface area contributed by atoms with Crippen molar-refractivity contribution in [1.29, 1.82) is 0 Å². The van der Waals surface area contributed by atoms with Gasteiger partial charge >= 0.3 is 0 Å². The highest BCUT2D eigenvalue weighted by atomic mass is 14.1. The second-order valence-electron chi connectivity index (χ2n) is 5.32. The molecule has 1 unspecified atom stereocenters. The molecule has 0 saturated heterocycles. The molecule has 0 aromatic carbocycles. The Labute approximate surface area is 118 Å². The first-order chi connectivity index (χ1) is 9.04. The molecule has 0 nitrogen and oxygen atoms in total. The Kier molecular flexibility index (Phi) is 6.35. The van der Waals surface area contributed by atoms with Gasteiger partial charge in [-0.15, -0.1) is 6.58 Å². The summed E-state index contributed by atoms with van der Waals surface area (Å²) in [5.74, 6) is 0.425. The summed E-state index contributed by atoms with van der Waals surface area (Å²) in [4.78, 5) is 0. The second kappa shape index (κ2) is 7.78. The van der Waals surface area contributed by atoms with E-state index in [0.717, 1.165) is 12.0 Å². The van der Waals surface area contributed by atoms with Crippen LogP contribution in [0.1, 0.15) is 40.0 Å². The third-order valence-electron chi connectivity index (χ3n) is 3.54. The predicted molar refractivity (Wildman–Crippen MR) is 87.1 cm³/mol. The number of hydrogen-bond donors (Lipinski definition) is 0. The Hall–Kier alpha value is -1.56. The largest absolute Gasteiger partial charge is 0.102 e. The second-order valence-corrected chi connectivity index (χ2v) is 5.32. The van der Waals surface area contributed by atoms with E-state index in [1.54, 1.807) is 0 Å². The normalized spacial score (nSPS) is 18.6. The molecule has 0 amide bonds. The first-order valence-electron chi connectivity index (χ1n) is 7.09. The Morgan fingerprint density at radius 1 is 1.26 bits per heavy atom. The van der Waals surface area contributed by atoms with Gasteiger partial charge in [0.2, 0.25) is 0 Å². The summed E-state index contributed by atoms with van der Waals surface area (Å²) in [6.45, 7) is 14.5. The summed E-state index contributed by atoms with van der Waals surface area (Å²) >= 11 is 0. The first kappa shape index (κ1) is 15.5. The van der Waals surface area contributed by atoms with Gasteiger partial charge in [0.15, 0.2) is 0 Å². The molecular formula is C19H26. The van der Waals surface area contributed by atoms with Gasteiger partial charge in [-0.1, -0.05) is 61.1 Å². The highest BCUT2D eigenvalue weighted by Gasteiger charge is 2.01. The minimum atomic E-state index is 0.425. The van der Waals surface area contributed by atoms with Gasteiger partial charge < -0.3 is 0 Å². The van der Waals surface area contributed by atoms with Crippen LogP contribution in [0.2, 0.25) is 0 Å². The summed E-state index contributed by atoms with van der Waals surface area (Å²) in [7, 11) is 0. The third-order valence-corrected chi connectivity index (χ3v) is 3.54. The molecule has 1 aliphatic rings. The summed E-state index contributed by atoms with van der Waals surface area (Å²) in [6.07, 6.45) is 16.7. The SMILES string of the molecule is C=CC(C)/C(C)=C/C(C)=C\C(=C)C1=CCCCC=C1. The van der Waals surface area contributed by atoms with Crippen LogP contribution in [0.5, 0.6) is 0 Å². The van der Waals surface area contributed by atoms with Crippen molar-refractivity contribution in [3.63, 3.8) is 0 Å². The number of rotatable bonds is 5. The van der Waals surface area contributed by atoms with Crippen LogP contribution >= 0.6 is 0 Å². The van der Waals surface area contributed by atoms with Crippen molar-refractivity contribution >= 4 is 0 Å². The fourth-order valence-corrected chi connectivity index (χ4v) is 2.09. The zero-order chi connectivity index (χ0) is 14.3. The smallest absolute Gasteiger partial charge is 0.00539 e. The molecular weight excluding hydrogens is 228 g/mol. The molecule has 1 atom stereocenters. The third kappa shape index (κ3) is 5.30. The fraction of sp³-hybridized carbons (Fsp3) is 0.368. The maximum absolute atomic E-state index is 4.19. The van der Waals surface area contributed by atoms with E-state index in [-0.39, 0.29) is 0 Å². The zero-order valence-corrected chi connectivity index (χ0v) is 12.6.